The first-order valence-electron chi connectivity index (χ1n) is 7.17. The van der Waals surface area contributed by atoms with Gasteiger partial charge in [0.05, 0.1) is 12.7 Å². The van der Waals surface area contributed by atoms with Gasteiger partial charge in [-0.25, -0.2) is 0 Å². The first-order chi connectivity index (χ1) is 9.62. The Labute approximate surface area is 123 Å². The summed E-state index contributed by atoms with van der Waals surface area (Å²) in [6, 6.07) is 6.52. The lowest BCUT2D eigenvalue weighted by Crippen LogP contribution is -2.30. The minimum atomic E-state index is 0.272. The van der Waals surface area contributed by atoms with Gasteiger partial charge in [-0.15, -0.1) is 0 Å². The fourth-order valence-corrected chi connectivity index (χ4v) is 2.10. The lowest BCUT2D eigenvalue weighted by Gasteiger charge is -2.26. The predicted octanol–water partition coefficient (Wildman–Crippen LogP) is 2.91. The first kappa shape index (κ1) is 16.8. The van der Waals surface area contributed by atoms with Crippen molar-refractivity contribution in [3.63, 3.8) is 0 Å². The summed E-state index contributed by atoms with van der Waals surface area (Å²) in [6.07, 6.45) is 1.28. The molecule has 1 aromatic carbocycles. The van der Waals surface area contributed by atoms with Crippen molar-refractivity contribution in [2.24, 2.45) is 0 Å². The maximum Gasteiger partial charge on any atom is 0.0637 e. The van der Waals surface area contributed by atoms with E-state index < -0.39 is 0 Å². The molecule has 4 nitrogen and oxygen atoms in total. The lowest BCUT2D eigenvalue weighted by molar-refractivity contribution is 0.112. The molecule has 0 bridgehead atoms. The van der Waals surface area contributed by atoms with Crippen LogP contribution in [0.15, 0.2) is 18.2 Å². The third-order valence-corrected chi connectivity index (χ3v) is 3.63. The van der Waals surface area contributed by atoms with Gasteiger partial charge in [0.1, 0.15) is 0 Å². The molecule has 4 heteroatoms. The van der Waals surface area contributed by atoms with Gasteiger partial charge in [0.25, 0.3) is 0 Å². The summed E-state index contributed by atoms with van der Waals surface area (Å²) < 4.78 is 10.6. The molecule has 1 atom stereocenters. The van der Waals surface area contributed by atoms with Gasteiger partial charge in [0.2, 0.25) is 0 Å². The normalized spacial score (nSPS) is 12.2. The second-order valence-corrected chi connectivity index (χ2v) is 5.06. The van der Waals surface area contributed by atoms with Crippen LogP contribution in [0.5, 0.6) is 0 Å². The Morgan fingerprint density at radius 3 is 2.60 bits per heavy atom. The standard InChI is InChI=1S/C16H28N2O2/c1-13-6-7-15(12-16(13)17-3)18(10-11-19-4)9-8-14(2)20-5/h6-7,12,14,17H,8-11H2,1-5H3. The molecule has 1 unspecified atom stereocenters. The van der Waals surface area contributed by atoms with Crippen molar-refractivity contribution >= 4 is 11.4 Å². The molecule has 0 aliphatic carbocycles. The quantitative estimate of drug-likeness (QED) is 0.754. The van der Waals surface area contributed by atoms with Crippen molar-refractivity contribution in [1.82, 2.24) is 0 Å². The number of hydrogen-bond acceptors (Lipinski definition) is 4. The van der Waals surface area contributed by atoms with Crippen molar-refractivity contribution in [3.8, 4) is 0 Å². The summed E-state index contributed by atoms with van der Waals surface area (Å²) in [5.41, 5.74) is 3.65. The SMILES string of the molecule is CNc1cc(N(CCOC)CCC(C)OC)ccc1C. The van der Waals surface area contributed by atoms with Gasteiger partial charge >= 0.3 is 0 Å². The highest BCUT2D eigenvalue weighted by atomic mass is 16.5. The summed E-state index contributed by atoms with van der Waals surface area (Å²) in [4.78, 5) is 2.35. The largest absolute Gasteiger partial charge is 0.388 e. The summed E-state index contributed by atoms with van der Waals surface area (Å²) in [7, 11) is 5.46. The van der Waals surface area contributed by atoms with E-state index in [1.54, 1.807) is 14.2 Å². The molecule has 0 radical (unpaired) electrons. The molecule has 1 N–H and O–H groups in total. The Balaban J connectivity index is 2.80. The van der Waals surface area contributed by atoms with E-state index in [0.29, 0.717) is 0 Å². The highest BCUT2D eigenvalue weighted by Gasteiger charge is 2.10. The van der Waals surface area contributed by atoms with Crippen LogP contribution in [-0.4, -0.2) is 47.1 Å². The minimum Gasteiger partial charge on any atom is -0.388 e. The molecule has 1 rings (SSSR count). The van der Waals surface area contributed by atoms with Crippen LogP contribution in [0.4, 0.5) is 11.4 Å². The second-order valence-electron chi connectivity index (χ2n) is 5.06. The van der Waals surface area contributed by atoms with Gasteiger partial charge in [-0.1, -0.05) is 6.07 Å². The van der Waals surface area contributed by atoms with Crippen molar-refractivity contribution in [2.45, 2.75) is 26.4 Å². The molecule has 20 heavy (non-hydrogen) atoms. The minimum absolute atomic E-state index is 0.272. The van der Waals surface area contributed by atoms with Crippen LogP contribution in [0.2, 0.25) is 0 Å². The van der Waals surface area contributed by atoms with Gasteiger partial charge in [0.15, 0.2) is 0 Å². The molecule has 1 aromatic rings. The summed E-state index contributed by atoms with van der Waals surface area (Å²) >= 11 is 0. The molecule has 0 saturated carbocycles. The van der Waals surface area contributed by atoms with Crippen LogP contribution < -0.4 is 10.2 Å². The third kappa shape index (κ3) is 5.02. The van der Waals surface area contributed by atoms with Crippen molar-refractivity contribution < 1.29 is 9.47 Å². The van der Waals surface area contributed by atoms with Crippen molar-refractivity contribution in [3.05, 3.63) is 23.8 Å². The fourth-order valence-electron chi connectivity index (χ4n) is 2.10. The van der Waals surface area contributed by atoms with E-state index >= 15 is 0 Å². The molecule has 0 fully saturated rings. The molecular weight excluding hydrogens is 252 g/mol. The zero-order chi connectivity index (χ0) is 15.0. The molecule has 0 aliphatic heterocycles. The number of ether oxygens (including phenoxy) is 2. The highest BCUT2D eigenvalue weighted by molar-refractivity contribution is 5.61. The maximum atomic E-state index is 5.33. The predicted molar refractivity (Wildman–Crippen MR) is 85.9 cm³/mol. The Morgan fingerprint density at radius 1 is 1.25 bits per heavy atom. The monoisotopic (exact) mass is 280 g/mol. The van der Waals surface area contributed by atoms with Crippen LogP contribution in [-0.2, 0) is 9.47 Å². The summed E-state index contributed by atoms with van der Waals surface area (Å²) in [5.74, 6) is 0. The number of nitrogens with zero attached hydrogens (tertiary/aromatic N) is 1. The van der Waals surface area contributed by atoms with Crippen molar-refractivity contribution in [2.75, 3.05) is 51.2 Å². The van der Waals surface area contributed by atoms with E-state index in [2.05, 4.69) is 42.3 Å². The van der Waals surface area contributed by atoms with E-state index in [0.717, 1.165) is 26.1 Å². The van der Waals surface area contributed by atoms with Crippen LogP contribution in [0, 0.1) is 6.92 Å². The average Bonchev–Trinajstić information content (AvgIpc) is 2.47. The van der Waals surface area contributed by atoms with Crippen LogP contribution in [0.1, 0.15) is 18.9 Å². The maximum absolute atomic E-state index is 5.33. The van der Waals surface area contributed by atoms with Gasteiger partial charge in [0, 0.05) is 45.7 Å². The molecule has 0 heterocycles. The lowest BCUT2D eigenvalue weighted by atomic mass is 10.1. The average molecular weight is 280 g/mol. The fraction of sp³-hybridized carbons (Fsp3) is 0.625. The number of anilines is 2. The van der Waals surface area contributed by atoms with E-state index in [-0.39, 0.29) is 6.10 Å². The van der Waals surface area contributed by atoms with Gasteiger partial charge in [-0.3, -0.25) is 0 Å². The van der Waals surface area contributed by atoms with Crippen LogP contribution in [0.25, 0.3) is 0 Å². The molecule has 0 spiro atoms. The molecule has 0 saturated heterocycles. The Hall–Kier alpha value is -1.26. The molecular formula is C16H28N2O2. The zero-order valence-electron chi connectivity index (χ0n) is 13.4. The van der Waals surface area contributed by atoms with Crippen LogP contribution in [0.3, 0.4) is 0 Å². The zero-order valence-corrected chi connectivity index (χ0v) is 13.4. The second kappa shape index (κ2) is 8.82. The van der Waals surface area contributed by atoms with Crippen molar-refractivity contribution in [1.29, 1.82) is 0 Å². The highest BCUT2D eigenvalue weighted by Crippen LogP contribution is 2.23. The third-order valence-electron chi connectivity index (χ3n) is 3.63. The number of benzene rings is 1. The number of aryl methyl sites for hydroxylation is 1. The van der Waals surface area contributed by atoms with E-state index in [1.165, 1.54) is 16.9 Å². The molecule has 0 aromatic heterocycles. The molecule has 0 amide bonds. The molecule has 0 aliphatic rings. The number of rotatable bonds is 9. The van der Waals surface area contributed by atoms with E-state index in [9.17, 15) is 0 Å². The first-order valence-corrected chi connectivity index (χ1v) is 7.17. The smallest absolute Gasteiger partial charge is 0.0637 e. The Bertz CT molecular complexity index is 396. The molecule has 114 valence electrons. The van der Waals surface area contributed by atoms with Crippen LogP contribution >= 0.6 is 0 Å². The summed E-state index contributed by atoms with van der Waals surface area (Å²) in [5, 5.41) is 3.24. The number of nitrogens with one attached hydrogen (secondary N) is 1. The Kier molecular flexibility index (Phi) is 7.41. The van der Waals surface area contributed by atoms with E-state index in [1.807, 2.05) is 7.05 Å². The van der Waals surface area contributed by atoms with E-state index in [4.69, 9.17) is 9.47 Å². The summed E-state index contributed by atoms with van der Waals surface area (Å²) in [6.45, 7) is 6.79. The number of hydrogen-bond donors (Lipinski definition) is 1. The topological polar surface area (TPSA) is 33.7 Å². The Morgan fingerprint density at radius 2 is 2.00 bits per heavy atom. The van der Waals surface area contributed by atoms with Gasteiger partial charge in [-0.05, 0) is 38.0 Å². The number of methoxy groups -OCH3 is 2. The van der Waals surface area contributed by atoms with Gasteiger partial charge < -0.3 is 19.7 Å². The van der Waals surface area contributed by atoms with Gasteiger partial charge in [-0.2, -0.15) is 0 Å².